The van der Waals surface area contributed by atoms with E-state index in [-0.39, 0.29) is 24.6 Å². The van der Waals surface area contributed by atoms with Crippen LogP contribution < -0.4 is 19.7 Å². The molecule has 0 bridgehead atoms. The van der Waals surface area contributed by atoms with Crippen molar-refractivity contribution in [2.24, 2.45) is 0 Å². The molecule has 0 aliphatic carbocycles. The lowest BCUT2D eigenvalue weighted by atomic mass is 9.95. The van der Waals surface area contributed by atoms with E-state index in [1.165, 1.54) is 0 Å². The molecule has 2 heterocycles. The van der Waals surface area contributed by atoms with Crippen LogP contribution >= 0.6 is 0 Å². The standard InChI is InChI=1S/C20H21N3O4/c1-22-17-7-6-14(11-18(17)27-12-19(22)24)21-20(25)23-9-8-16(23)13-4-3-5-15(10-13)26-2/h3-7,10-11,16H,8-9,12H2,1-2H3,(H,21,25)/t16-/m1/s1. The fourth-order valence-electron chi connectivity index (χ4n) is 3.38. The number of carbonyl (C=O) groups excluding carboxylic acids is 2. The number of ether oxygens (including phenoxy) is 2. The molecule has 2 aromatic carbocycles. The number of hydrogen-bond donors (Lipinski definition) is 1. The molecule has 3 amide bonds. The zero-order chi connectivity index (χ0) is 19.0. The Bertz CT molecular complexity index is 899. The van der Waals surface area contributed by atoms with Gasteiger partial charge in [-0.15, -0.1) is 0 Å². The highest BCUT2D eigenvalue weighted by atomic mass is 16.5. The van der Waals surface area contributed by atoms with Crippen molar-refractivity contribution in [1.29, 1.82) is 0 Å². The van der Waals surface area contributed by atoms with Gasteiger partial charge in [-0.25, -0.2) is 4.79 Å². The topological polar surface area (TPSA) is 71.1 Å². The third kappa shape index (κ3) is 3.16. The number of hydrogen-bond acceptors (Lipinski definition) is 4. The first-order valence-electron chi connectivity index (χ1n) is 8.82. The molecular weight excluding hydrogens is 346 g/mol. The number of fused-ring (bicyclic) bond motifs is 1. The van der Waals surface area contributed by atoms with Crippen LogP contribution in [-0.4, -0.2) is 44.1 Å². The van der Waals surface area contributed by atoms with Crippen LogP contribution in [0.5, 0.6) is 11.5 Å². The molecule has 0 saturated carbocycles. The molecule has 1 fully saturated rings. The van der Waals surface area contributed by atoms with Crippen molar-refractivity contribution in [2.45, 2.75) is 12.5 Å². The number of urea groups is 1. The van der Waals surface area contributed by atoms with E-state index in [2.05, 4.69) is 5.32 Å². The molecule has 1 saturated heterocycles. The van der Waals surface area contributed by atoms with Crippen molar-refractivity contribution in [3.8, 4) is 11.5 Å². The third-order valence-corrected chi connectivity index (χ3v) is 5.06. The molecule has 0 aromatic heterocycles. The molecule has 7 heteroatoms. The summed E-state index contributed by atoms with van der Waals surface area (Å²) in [4.78, 5) is 27.7. The molecule has 2 aliphatic rings. The zero-order valence-corrected chi connectivity index (χ0v) is 15.3. The van der Waals surface area contributed by atoms with Crippen molar-refractivity contribution < 1.29 is 19.1 Å². The lowest BCUT2D eigenvalue weighted by molar-refractivity contribution is -0.120. The van der Waals surface area contributed by atoms with Gasteiger partial charge < -0.3 is 24.6 Å². The number of methoxy groups -OCH3 is 1. The molecule has 140 valence electrons. The minimum absolute atomic E-state index is 0.00490. The number of likely N-dealkylation sites (tertiary alicyclic amines) is 1. The Kier molecular flexibility index (Phi) is 4.35. The molecule has 1 atom stereocenters. The number of amides is 3. The summed E-state index contributed by atoms with van der Waals surface area (Å²) in [5, 5.41) is 2.92. The Morgan fingerprint density at radius 1 is 1.26 bits per heavy atom. The maximum atomic E-state index is 12.7. The molecule has 1 N–H and O–H groups in total. The Labute approximate surface area is 157 Å². The van der Waals surface area contributed by atoms with Gasteiger partial charge in [0.25, 0.3) is 5.91 Å². The maximum absolute atomic E-state index is 12.7. The highest BCUT2D eigenvalue weighted by Crippen LogP contribution is 2.36. The number of carbonyl (C=O) groups is 2. The van der Waals surface area contributed by atoms with E-state index < -0.39 is 0 Å². The molecule has 4 rings (SSSR count). The van der Waals surface area contributed by atoms with Crippen LogP contribution in [0.1, 0.15) is 18.0 Å². The van der Waals surface area contributed by atoms with Crippen molar-refractivity contribution in [3.05, 3.63) is 48.0 Å². The molecule has 0 unspecified atom stereocenters. The van der Waals surface area contributed by atoms with E-state index in [1.54, 1.807) is 42.2 Å². The van der Waals surface area contributed by atoms with Crippen molar-refractivity contribution in [2.75, 3.05) is 37.5 Å². The Morgan fingerprint density at radius 2 is 2.11 bits per heavy atom. The molecule has 27 heavy (non-hydrogen) atoms. The Balaban J connectivity index is 1.47. The van der Waals surface area contributed by atoms with E-state index in [4.69, 9.17) is 9.47 Å². The maximum Gasteiger partial charge on any atom is 0.322 e. The lowest BCUT2D eigenvalue weighted by Crippen LogP contribution is -2.47. The predicted octanol–water partition coefficient (Wildman–Crippen LogP) is 3.03. The molecular formula is C20H21N3O4. The van der Waals surface area contributed by atoms with Gasteiger partial charge in [0.2, 0.25) is 0 Å². The SMILES string of the molecule is COc1cccc([C@H]2CCN2C(=O)Nc2ccc3c(c2)OCC(=O)N3C)c1. The molecule has 2 aromatic rings. The first kappa shape index (κ1) is 17.2. The van der Waals surface area contributed by atoms with Gasteiger partial charge in [-0.1, -0.05) is 12.1 Å². The van der Waals surface area contributed by atoms with Gasteiger partial charge in [-0.05, 0) is 36.2 Å². The summed E-state index contributed by atoms with van der Waals surface area (Å²) < 4.78 is 10.7. The minimum atomic E-state index is -0.158. The largest absolute Gasteiger partial charge is 0.497 e. The summed E-state index contributed by atoms with van der Waals surface area (Å²) in [6, 6.07) is 13.0. The van der Waals surface area contributed by atoms with Crippen LogP contribution in [0.3, 0.4) is 0 Å². The number of nitrogens with zero attached hydrogens (tertiary/aromatic N) is 2. The summed E-state index contributed by atoms with van der Waals surface area (Å²) in [6.45, 7) is 0.706. The van der Waals surface area contributed by atoms with E-state index in [9.17, 15) is 9.59 Å². The molecule has 2 aliphatic heterocycles. The molecule has 0 spiro atoms. The van der Waals surface area contributed by atoms with Crippen LogP contribution in [0.4, 0.5) is 16.2 Å². The summed E-state index contributed by atoms with van der Waals surface area (Å²) in [5.41, 5.74) is 2.39. The fraction of sp³-hybridized carbons (Fsp3) is 0.300. The predicted molar refractivity (Wildman–Crippen MR) is 101 cm³/mol. The minimum Gasteiger partial charge on any atom is -0.497 e. The van der Waals surface area contributed by atoms with Gasteiger partial charge >= 0.3 is 6.03 Å². The van der Waals surface area contributed by atoms with Crippen molar-refractivity contribution >= 4 is 23.3 Å². The second-order valence-corrected chi connectivity index (χ2v) is 6.63. The van der Waals surface area contributed by atoms with Gasteiger partial charge in [0.1, 0.15) is 11.5 Å². The first-order valence-corrected chi connectivity index (χ1v) is 8.82. The lowest BCUT2D eigenvalue weighted by Gasteiger charge is -2.41. The first-order chi connectivity index (χ1) is 13.1. The average Bonchev–Trinajstić information content (AvgIpc) is 2.64. The van der Waals surface area contributed by atoms with Gasteiger partial charge in [-0.3, -0.25) is 4.79 Å². The van der Waals surface area contributed by atoms with Gasteiger partial charge in [-0.2, -0.15) is 0 Å². The van der Waals surface area contributed by atoms with E-state index in [1.807, 2.05) is 24.3 Å². The van der Waals surface area contributed by atoms with Crippen LogP contribution in [0, 0.1) is 0 Å². The Hall–Kier alpha value is -3.22. The van der Waals surface area contributed by atoms with Crippen LogP contribution in [0.2, 0.25) is 0 Å². The second-order valence-electron chi connectivity index (χ2n) is 6.63. The summed E-state index contributed by atoms with van der Waals surface area (Å²) in [5.74, 6) is 1.27. The third-order valence-electron chi connectivity index (χ3n) is 5.06. The highest BCUT2D eigenvalue weighted by Gasteiger charge is 2.34. The Morgan fingerprint density at radius 3 is 2.85 bits per heavy atom. The van der Waals surface area contributed by atoms with E-state index in [0.717, 1.165) is 17.7 Å². The van der Waals surface area contributed by atoms with Gasteiger partial charge in [0.15, 0.2) is 6.61 Å². The summed E-state index contributed by atoms with van der Waals surface area (Å²) in [7, 11) is 3.34. The zero-order valence-electron chi connectivity index (χ0n) is 15.3. The smallest absolute Gasteiger partial charge is 0.322 e. The van der Waals surface area contributed by atoms with Gasteiger partial charge in [0, 0.05) is 25.3 Å². The fourth-order valence-corrected chi connectivity index (χ4v) is 3.38. The number of likely N-dealkylation sites (N-methyl/N-ethyl adjacent to an activating group) is 1. The number of anilines is 2. The molecule has 0 radical (unpaired) electrons. The van der Waals surface area contributed by atoms with E-state index >= 15 is 0 Å². The summed E-state index contributed by atoms with van der Waals surface area (Å²) >= 11 is 0. The average molecular weight is 367 g/mol. The number of rotatable bonds is 3. The summed E-state index contributed by atoms with van der Waals surface area (Å²) in [6.07, 6.45) is 0.917. The number of benzene rings is 2. The van der Waals surface area contributed by atoms with Crippen molar-refractivity contribution in [3.63, 3.8) is 0 Å². The van der Waals surface area contributed by atoms with Crippen molar-refractivity contribution in [1.82, 2.24) is 4.90 Å². The quantitative estimate of drug-likeness (QED) is 0.905. The van der Waals surface area contributed by atoms with Crippen LogP contribution in [0.25, 0.3) is 0 Å². The monoisotopic (exact) mass is 367 g/mol. The number of nitrogens with one attached hydrogen (secondary N) is 1. The highest BCUT2D eigenvalue weighted by molar-refractivity contribution is 5.98. The van der Waals surface area contributed by atoms with Crippen LogP contribution in [0.15, 0.2) is 42.5 Å². The van der Waals surface area contributed by atoms with E-state index in [0.29, 0.717) is 23.7 Å². The second kappa shape index (κ2) is 6.83. The molecule has 7 nitrogen and oxygen atoms in total. The van der Waals surface area contributed by atoms with Gasteiger partial charge in [0.05, 0.1) is 18.8 Å². The normalized spacial score (nSPS) is 18.3. The van der Waals surface area contributed by atoms with Crippen LogP contribution in [-0.2, 0) is 4.79 Å².